The highest BCUT2D eigenvalue weighted by molar-refractivity contribution is 5.96. The molecule has 1 saturated carbocycles. The topological polar surface area (TPSA) is 52.6 Å². The first kappa shape index (κ1) is 16.9. The molecule has 122 valence electrons. The van der Waals surface area contributed by atoms with E-state index in [1.54, 1.807) is 7.11 Å². The molecule has 0 unspecified atom stereocenters. The molecule has 4 heteroatoms. The second-order valence-electron chi connectivity index (χ2n) is 6.84. The van der Waals surface area contributed by atoms with Gasteiger partial charge in [-0.3, -0.25) is 9.59 Å². The summed E-state index contributed by atoms with van der Waals surface area (Å²) in [6.45, 7) is 8.49. The highest BCUT2D eigenvalue weighted by Crippen LogP contribution is 2.56. The van der Waals surface area contributed by atoms with Crippen LogP contribution in [0.4, 0.5) is 0 Å². The largest absolute Gasteiger partial charge is 0.465 e. The molecule has 0 spiro atoms. The summed E-state index contributed by atoms with van der Waals surface area (Å²) in [5.74, 6) is 0.447. The third-order valence-corrected chi connectivity index (χ3v) is 5.12. The van der Waals surface area contributed by atoms with Gasteiger partial charge >= 0.3 is 5.97 Å². The van der Waals surface area contributed by atoms with Crippen LogP contribution in [-0.2, 0) is 19.1 Å². The summed E-state index contributed by atoms with van der Waals surface area (Å²) < 4.78 is 10.4. The van der Waals surface area contributed by atoms with Crippen LogP contribution in [0.1, 0.15) is 39.5 Å². The second-order valence-corrected chi connectivity index (χ2v) is 6.84. The number of carbonyl (C=O) groups excluding carboxylic acids is 2. The zero-order valence-corrected chi connectivity index (χ0v) is 13.8. The molecule has 0 saturated heterocycles. The van der Waals surface area contributed by atoms with Crippen molar-refractivity contribution in [2.45, 2.75) is 39.5 Å². The van der Waals surface area contributed by atoms with Gasteiger partial charge in [0.15, 0.2) is 5.78 Å². The molecule has 0 radical (unpaired) electrons. The molecule has 2 aliphatic rings. The molecule has 0 N–H and O–H groups in total. The van der Waals surface area contributed by atoms with Gasteiger partial charge in [-0.2, -0.15) is 0 Å². The number of rotatable bonds is 4. The number of Topliss-reactive ketones (excluding diaryl/α,β-unsaturated/α-hetero) is 1. The third kappa shape index (κ3) is 3.49. The van der Waals surface area contributed by atoms with Gasteiger partial charge in [0.2, 0.25) is 0 Å². The van der Waals surface area contributed by atoms with Gasteiger partial charge in [0.25, 0.3) is 0 Å². The van der Waals surface area contributed by atoms with E-state index >= 15 is 0 Å². The number of hydrogen-bond donors (Lipinski definition) is 0. The molecule has 0 bridgehead atoms. The Balaban J connectivity index is 2.15. The van der Waals surface area contributed by atoms with Crippen LogP contribution in [0.2, 0.25) is 0 Å². The van der Waals surface area contributed by atoms with Crippen LogP contribution in [0.25, 0.3) is 0 Å². The zero-order valence-electron chi connectivity index (χ0n) is 13.8. The first-order valence-electron chi connectivity index (χ1n) is 7.89. The van der Waals surface area contributed by atoms with Gasteiger partial charge in [-0.1, -0.05) is 25.2 Å². The number of methoxy groups -OCH3 is 1. The van der Waals surface area contributed by atoms with Crippen molar-refractivity contribution >= 4 is 11.8 Å². The summed E-state index contributed by atoms with van der Waals surface area (Å²) in [4.78, 5) is 23.6. The van der Waals surface area contributed by atoms with Crippen LogP contribution in [-0.4, -0.2) is 32.1 Å². The van der Waals surface area contributed by atoms with Gasteiger partial charge < -0.3 is 9.47 Å². The Labute approximate surface area is 132 Å². The molecule has 0 aromatic heterocycles. The van der Waals surface area contributed by atoms with Crippen molar-refractivity contribution in [3.8, 4) is 0 Å². The van der Waals surface area contributed by atoms with Gasteiger partial charge in [0, 0.05) is 31.4 Å². The molecule has 0 aromatic rings. The zero-order chi connectivity index (χ0) is 16.3. The molecule has 0 heterocycles. The fourth-order valence-corrected chi connectivity index (χ4v) is 3.73. The average Bonchev–Trinajstić information content (AvgIpc) is 2.50. The molecule has 0 amide bonds. The van der Waals surface area contributed by atoms with Crippen molar-refractivity contribution in [2.24, 2.45) is 17.3 Å². The predicted molar refractivity (Wildman–Crippen MR) is 84.3 cm³/mol. The summed E-state index contributed by atoms with van der Waals surface area (Å²) in [6, 6.07) is 0. The monoisotopic (exact) mass is 306 g/mol. The van der Waals surface area contributed by atoms with Crippen molar-refractivity contribution in [1.29, 1.82) is 0 Å². The predicted octanol–water partition coefficient (Wildman–Crippen LogP) is 3.07. The van der Waals surface area contributed by atoms with E-state index in [-0.39, 0.29) is 23.1 Å². The van der Waals surface area contributed by atoms with E-state index in [1.807, 2.05) is 6.08 Å². The maximum absolute atomic E-state index is 12.5. The van der Waals surface area contributed by atoms with E-state index in [2.05, 4.69) is 13.5 Å². The Hall–Kier alpha value is -1.42. The average molecular weight is 306 g/mol. The number of ether oxygens (including phenoxy) is 2. The van der Waals surface area contributed by atoms with Crippen LogP contribution in [0.3, 0.4) is 0 Å². The summed E-state index contributed by atoms with van der Waals surface area (Å²) in [5, 5.41) is 0. The van der Waals surface area contributed by atoms with E-state index < -0.39 is 0 Å². The number of fused-ring (bicyclic) bond motifs is 1. The molecule has 3 atom stereocenters. The Morgan fingerprint density at radius 3 is 2.86 bits per heavy atom. The molecular formula is C18H26O4. The molecule has 1 fully saturated rings. The normalized spacial score (nSPS) is 34.4. The van der Waals surface area contributed by atoms with E-state index in [1.165, 1.54) is 12.5 Å². The number of ketones is 1. The van der Waals surface area contributed by atoms with E-state index in [0.717, 1.165) is 24.8 Å². The maximum Gasteiger partial charge on any atom is 0.302 e. The van der Waals surface area contributed by atoms with Crippen LogP contribution in [0.5, 0.6) is 0 Å². The molecule has 4 nitrogen and oxygen atoms in total. The Bertz CT molecular complexity index is 505. The highest BCUT2D eigenvalue weighted by atomic mass is 16.5. The van der Waals surface area contributed by atoms with Gasteiger partial charge in [-0.05, 0) is 31.1 Å². The number of carbonyl (C=O) groups is 2. The molecule has 0 aromatic carbocycles. The first-order valence-corrected chi connectivity index (χ1v) is 7.89. The number of allylic oxidation sites excluding steroid dienone is 2. The summed E-state index contributed by atoms with van der Waals surface area (Å²) in [6.07, 6.45) is 5.16. The fraction of sp³-hybridized carbons (Fsp3) is 0.667. The van der Waals surface area contributed by atoms with Crippen molar-refractivity contribution in [3.05, 3.63) is 23.8 Å². The van der Waals surface area contributed by atoms with Crippen molar-refractivity contribution in [1.82, 2.24) is 0 Å². The van der Waals surface area contributed by atoms with Crippen LogP contribution >= 0.6 is 0 Å². The van der Waals surface area contributed by atoms with Crippen LogP contribution in [0, 0.1) is 17.3 Å². The third-order valence-electron chi connectivity index (χ3n) is 5.12. The van der Waals surface area contributed by atoms with Crippen molar-refractivity contribution < 1.29 is 19.1 Å². The van der Waals surface area contributed by atoms with E-state index in [4.69, 9.17) is 9.47 Å². The number of hydrogen-bond acceptors (Lipinski definition) is 4. The summed E-state index contributed by atoms with van der Waals surface area (Å²) in [7, 11) is 1.61. The molecule has 22 heavy (non-hydrogen) atoms. The Morgan fingerprint density at radius 1 is 1.50 bits per heavy atom. The fourth-order valence-electron chi connectivity index (χ4n) is 3.73. The molecular weight excluding hydrogens is 280 g/mol. The molecule has 2 rings (SSSR count). The lowest BCUT2D eigenvalue weighted by molar-refractivity contribution is -0.153. The summed E-state index contributed by atoms with van der Waals surface area (Å²) in [5.41, 5.74) is 1.85. The first-order chi connectivity index (χ1) is 10.4. The highest BCUT2D eigenvalue weighted by Gasteiger charge is 2.52. The smallest absolute Gasteiger partial charge is 0.302 e. The minimum Gasteiger partial charge on any atom is -0.465 e. The number of esters is 1. The minimum atomic E-state index is -0.266. The Morgan fingerprint density at radius 2 is 2.23 bits per heavy atom. The lowest BCUT2D eigenvalue weighted by atomic mass is 9.51. The van der Waals surface area contributed by atoms with Gasteiger partial charge in [-0.15, -0.1) is 0 Å². The minimum absolute atomic E-state index is 0.128. The van der Waals surface area contributed by atoms with Gasteiger partial charge in [0.05, 0.1) is 13.2 Å². The lowest BCUT2D eigenvalue weighted by Gasteiger charge is -2.53. The van der Waals surface area contributed by atoms with E-state index in [9.17, 15) is 9.59 Å². The SMILES string of the molecule is C=C1CC/C=C(/COC)C(=O)C[C@@H]2[C@H]1C[C@]2(C)COC(C)=O. The van der Waals surface area contributed by atoms with Crippen molar-refractivity contribution in [3.63, 3.8) is 0 Å². The van der Waals surface area contributed by atoms with Crippen molar-refractivity contribution in [2.75, 3.05) is 20.3 Å². The Kier molecular flexibility index (Phi) is 5.22. The molecule has 0 aliphatic heterocycles. The summed E-state index contributed by atoms with van der Waals surface area (Å²) >= 11 is 0. The van der Waals surface area contributed by atoms with Gasteiger partial charge in [0.1, 0.15) is 0 Å². The van der Waals surface area contributed by atoms with E-state index in [0.29, 0.717) is 25.6 Å². The second kappa shape index (κ2) is 6.78. The lowest BCUT2D eigenvalue weighted by Crippen LogP contribution is -2.50. The quantitative estimate of drug-likeness (QED) is 0.591. The molecule has 2 aliphatic carbocycles. The van der Waals surface area contributed by atoms with Gasteiger partial charge in [-0.25, -0.2) is 0 Å². The maximum atomic E-state index is 12.5. The van der Waals surface area contributed by atoms with Crippen LogP contribution in [0.15, 0.2) is 23.8 Å². The van der Waals surface area contributed by atoms with Crippen LogP contribution < -0.4 is 0 Å². The standard InChI is InChI=1S/C18H26O4/c1-12-6-5-7-14(10-21-4)17(20)8-16-15(12)9-18(16,3)11-22-13(2)19/h7,15-16H,1,5-6,8-11H2,2-4H3/b14-7-/t15-,16+,18+/m0/s1.